The Morgan fingerprint density at radius 1 is 1.04 bits per heavy atom. The largest absolute Gasteiger partial charge is 0.369 e. The molecule has 1 aliphatic rings. The summed E-state index contributed by atoms with van der Waals surface area (Å²) in [5, 5.41) is 1.41. The Morgan fingerprint density at radius 2 is 1.71 bits per heavy atom. The summed E-state index contributed by atoms with van der Waals surface area (Å²) in [5.74, 6) is 0. The maximum Gasteiger partial charge on any atom is 0.0945 e. The van der Waals surface area contributed by atoms with Gasteiger partial charge in [0.15, 0.2) is 0 Å². The van der Waals surface area contributed by atoms with E-state index in [-0.39, 0.29) is 0 Å². The van der Waals surface area contributed by atoms with Gasteiger partial charge in [-0.3, -0.25) is 4.99 Å². The molecule has 126 valence electrons. The molecule has 0 amide bonds. The second-order valence-corrected chi connectivity index (χ2v) is 7.83. The van der Waals surface area contributed by atoms with Crippen LogP contribution in [0.2, 0.25) is 0 Å². The fraction of sp³-hybridized carbons (Fsp3) is 0.381. The third kappa shape index (κ3) is 3.46. The Kier molecular flexibility index (Phi) is 5.20. The second-order valence-electron chi connectivity index (χ2n) is 6.80. The second kappa shape index (κ2) is 7.35. The zero-order valence-electron chi connectivity index (χ0n) is 15.1. The molecule has 0 bridgehead atoms. The minimum absolute atomic E-state index is 1.08. The lowest BCUT2D eigenvalue weighted by atomic mass is 9.93. The van der Waals surface area contributed by atoms with Crippen molar-refractivity contribution in [3.63, 3.8) is 0 Å². The first-order chi connectivity index (χ1) is 11.6. The van der Waals surface area contributed by atoms with Crippen LogP contribution >= 0.6 is 11.3 Å². The van der Waals surface area contributed by atoms with Crippen LogP contribution in [0.5, 0.6) is 0 Å². The molecule has 0 radical (unpaired) electrons. The van der Waals surface area contributed by atoms with E-state index in [2.05, 4.69) is 69.4 Å². The minimum atomic E-state index is 1.08. The van der Waals surface area contributed by atoms with Gasteiger partial charge in [0.1, 0.15) is 0 Å². The van der Waals surface area contributed by atoms with Gasteiger partial charge in [-0.15, -0.1) is 11.3 Å². The number of hydrogen-bond donors (Lipinski definition) is 0. The van der Waals surface area contributed by atoms with E-state index in [1.807, 2.05) is 11.3 Å². The Hall–Kier alpha value is -1.87. The average molecular weight is 339 g/mol. The van der Waals surface area contributed by atoms with Crippen molar-refractivity contribution in [3.05, 3.63) is 57.5 Å². The van der Waals surface area contributed by atoms with E-state index in [4.69, 9.17) is 4.99 Å². The van der Waals surface area contributed by atoms with Gasteiger partial charge < -0.3 is 4.90 Å². The van der Waals surface area contributed by atoms with Crippen LogP contribution in [0.1, 0.15) is 48.3 Å². The molecule has 3 heteroatoms. The summed E-state index contributed by atoms with van der Waals surface area (Å²) in [6, 6.07) is 10.5. The summed E-state index contributed by atoms with van der Waals surface area (Å²) < 4.78 is 0. The number of anilines is 1. The molecule has 0 aliphatic heterocycles. The van der Waals surface area contributed by atoms with Crippen molar-refractivity contribution in [2.75, 3.05) is 19.0 Å². The molecular formula is C21H26N2S. The van der Waals surface area contributed by atoms with E-state index in [1.54, 1.807) is 5.56 Å². The highest BCUT2D eigenvalue weighted by Crippen LogP contribution is 2.39. The van der Waals surface area contributed by atoms with E-state index in [1.165, 1.54) is 52.3 Å². The van der Waals surface area contributed by atoms with Crippen LogP contribution in [0.25, 0.3) is 5.70 Å². The maximum atomic E-state index is 4.89. The van der Waals surface area contributed by atoms with Crippen LogP contribution in [0, 0.1) is 0 Å². The first kappa shape index (κ1) is 17.0. The summed E-state index contributed by atoms with van der Waals surface area (Å²) >= 11 is 1.89. The van der Waals surface area contributed by atoms with Gasteiger partial charge >= 0.3 is 0 Å². The van der Waals surface area contributed by atoms with Crippen molar-refractivity contribution in [1.82, 2.24) is 0 Å². The van der Waals surface area contributed by atoms with Crippen LogP contribution in [-0.2, 0) is 12.8 Å². The summed E-state index contributed by atoms with van der Waals surface area (Å²) in [4.78, 5) is 8.48. The summed E-state index contributed by atoms with van der Waals surface area (Å²) in [6.45, 7) is 4.27. The van der Waals surface area contributed by atoms with Crippen LogP contribution in [-0.4, -0.2) is 20.3 Å². The first-order valence-corrected chi connectivity index (χ1v) is 9.48. The van der Waals surface area contributed by atoms with Gasteiger partial charge in [0.2, 0.25) is 0 Å². The molecule has 2 aromatic rings. The van der Waals surface area contributed by atoms with Gasteiger partial charge in [-0.05, 0) is 50.7 Å². The number of benzene rings is 1. The summed E-state index contributed by atoms with van der Waals surface area (Å²) in [5.41, 5.74) is 6.60. The molecule has 0 atom stereocenters. The Labute approximate surface area is 149 Å². The third-order valence-electron chi connectivity index (χ3n) is 4.47. The SMILES string of the molecule is CC(C)=C(N=Cc1sc(N(C)C)c2c1CCCC2)c1ccccc1. The lowest BCUT2D eigenvalue weighted by Gasteiger charge is -2.17. The molecule has 0 saturated heterocycles. The molecule has 1 aromatic carbocycles. The van der Waals surface area contributed by atoms with E-state index >= 15 is 0 Å². The molecule has 1 heterocycles. The van der Waals surface area contributed by atoms with Gasteiger partial charge in [-0.1, -0.05) is 35.9 Å². The molecule has 0 N–H and O–H groups in total. The molecule has 0 spiro atoms. The Balaban J connectivity index is 1.98. The summed E-state index contributed by atoms with van der Waals surface area (Å²) in [7, 11) is 4.29. The van der Waals surface area contributed by atoms with E-state index in [0.717, 1.165) is 5.70 Å². The number of aliphatic imine (C=N–C) groups is 1. The zero-order valence-corrected chi connectivity index (χ0v) is 15.9. The molecule has 3 rings (SSSR count). The molecule has 0 saturated carbocycles. The van der Waals surface area contributed by atoms with Gasteiger partial charge in [0.05, 0.1) is 15.6 Å². The van der Waals surface area contributed by atoms with Gasteiger partial charge in [0.25, 0.3) is 0 Å². The number of fused-ring (bicyclic) bond motifs is 1. The van der Waals surface area contributed by atoms with Crippen LogP contribution in [0.3, 0.4) is 0 Å². The fourth-order valence-electron chi connectivity index (χ4n) is 3.32. The fourth-order valence-corrected chi connectivity index (χ4v) is 4.51. The van der Waals surface area contributed by atoms with Crippen molar-refractivity contribution in [3.8, 4) is 0 Å². The minimum Gasteiger partial charge on any atom is -0.369 e. The van der Waals surface area contributed by atoms with E-state index < -0.39 is 0 Å². The smallest absolute Gasteiger partial charge is 0.0945 e. The van der Waals surface area contributed by atoms with Gasteiger partial charge in [-0.25, -0.2) is 0 Å². The quantitative estimate of drug-likeness (QED) is 0.666. The van der Waals surface area contributed by atoms with Crippen molar-refractivity contribution < 1.29 is 0 Å². The number of allylic oxidation sites excluding steroid dienone is 1. The average Bonchev–Trinajstić information content (AvgIpc) is 2.95. The van der Waals surface area contributed by atoms with Crippen molar-refractivity contribution >= 4 is 28.2 Å². The normalized spacial score (nSPS) is 13.8. The number of hydrogen-bond acceptors (Lipinski definition) is 3. The van der Waals surface area contributed by atoms with Crippen LogP contribution < -0.4 is 4.90 Å². The standard InChI is InChI=1S/C21H26N2S/c1-15(2)20(16-10-6-5-7-11-16)22-14-19-17-12-8-9-13-18(17)21(24-19)23(3)4/h5-7,10-11,14H,8-9,12-13H2,1-4H3. The van der Waals surface area contributed by atoms with E-state index in [9.17, 15) is 0 Å². The topological polar surface area (TPSA) is 15.6 Å². The van der Waals surface area contributed by atoms with Crippen molar-refractivity contribution in [2.45, 2.75) is 39.5 Å². The van der Waals surface area contributed by atoms with Crippen molar-refractivity contribution in [2.24, 2.45) is 4.99 Å². The molecule has 2 nitrogen and oxygen atoms in total. The Bertz CT molecular complexity index is 763. The highest BCUT2D eigenvalue weighted by Gasteiger charge is 2.21. The van der Waals surface area contributed by atoms with Crippen LogP contribution in [0.15, 0.2) is 40.9 Å². The van der Waals surface area contributed by atoms with Gasteiger partial charge in [0, 0.05) is 25.9 Å². The third-order valence-corrected chi connectivity index (χ3v) is 5.84. The number of thiophene rings is 1. The molecule has 1 aliphatic carbocycles. The van der Waals surface area contributed by atoms with Crippen LogP contribution in [0.4, 0.5) is 5.00 Å². The maximum absolute atomic E-state index is 4.89. The molecule has 0 unspecified atom stereocenters. The highest BCUT2D eigenvalue weighted by molar-refractivity contribution is 7.18. The van der Waals surface area contributed by atoms with Gasteiger partial charge in [-0.2, -0.15) is 0 Å². The Morgan fingerprint density at radius 3 is 2.33 bits per heavy atom. The molecular weight excluding hydrogens is 312 g/mol. The molecule has 0 fully saturated rings. The number of nitrogens with zero attached hydrogens (tertiary/aromatic N) is 2. The molecule has 1 aromatic heterocycles. The summed E-state index contributed by atoms with van der Waals surface area (Å²) in [6.07, 6.45) is 7.10. The monoisotopic (exact) mass is 338 g/mol. The predicted octanol–water partition coefficient (Wildman–Crippen LogP) is 5.56. The predicted molar refractivity (Wildman–Crippen MR) is 108 cm³/mol. The number of rotatable bonds is 4. The first-order valence-electron chi connectivity index (χ1n) is 8.66. The lowest BCUT2D eigenvalue weighted by Crippen LogP contribution is -2.11. The highest BCUT2D eigenvalue weighted by atomic mass is 32.1. The zero-order chi connectivity index (χ0) is 17.1. The molecule has 24 heavy (non-hydrogen) atoms. The van der Waals surface area contributed by atoms with Crippen molar-refractivity contribution in [1.29, 1.82) is 0 Å². The van der Waals surface area contributed by atoms with E-state index in [0.29, 0.717) is 0 Å². The lowest BCUT2D eigenvalue weighted by molar-refractivity contribution is 0.689.